The smallest absolute Gasteiger partial charge is 0.0538 e. The second kappa shape index (κ2) is 5.94. The molecule has 3 aromatic rings. The number of rotatable bonds is 5. The molecule has 0 bridgehead atoms. The molecule has 1 atom stereocenters. The molecule has 0 aliphatic heterocycles. The summed E-state index contributed by atoms with van der Waals surface area (Å²) in [6, 6.07) is 15.2. The quantitative estimate of drug-likeness (QED) is 0.764. The number of nitrogens with zero attached hydrogens (tertiary/aromatic N) is 2. The van der Waals surface area contributed by atoms with Crippen LogP contribution in [0.1, 0.15) is 24.1 Å². The van der Waals surface area contributed by atoms with Gasteiger partial charge in [0.2, 0.25) is 0 Å². The van der Waals surface area contributed by atoms with E-state index in [4.69, 9.17) is 0 Å². The summed E-state index contributed by atoms with van der Waals surface area (Å²) in [5, 5.41) is 10.3. The van der Waals surface area contributed by atoms with Crippen LogP contribution in [0.25, 0.3) is 17.0 Å². The molecule has 1 unspecified atom stereocenters. The van der Waals surface area contributed by atoms with Crippen molar-refractivity contribution in [2.75, 3.05) is 0 Å². The molecule has 0 aliphatic rings. The maximum atomic E-state index is 4.19. The standard InChI is InChI=1S/C18H19N3/c1-3-21-13-15(12-20-21)11-19-14(2)17-10-6-8-16-7-4-5-9-18(16)17/h3-10,12-14,19H,1,11H2,2H3. The van der Waals surface area contributed by atoms with Gasteiger partial charge in [-0.15, -0.1) is 0 Å². The summed E-state index contributed by atoms with van der Waals surface area (Å²) in [5.41, 5.74) is 2.48. The van der Waals surface area contributed by atoms with Gasteiger partial charge in [0.15, 0.2) is 0 Å². The van der Waals surface area contributed by atoms with E-state index >= 15 is 0 Å². The highest BCUT2D eigenvalue weighted by Gasteiger charge is 2.09. The Bertz CT molecular complexity index is 753. The number of hydrogen-bond donors (Lipinski definition) is 1. The molecule has 3 rings (SSSR count). The predicted molar refractivity (Wildman–Crippen MR) is 87.8 cm³/mol. The first-order valence-electron chi connectivity index (χ1n) is 7.14. The van der Waals surface area contributed by atoms with E-state index in [9.17, 15) is 0 Å². The molecule has 0 amide bonds. The molecule has 0 aliphatic carbocycles. The fourth-order valence-corrected chi connectivity index (χ4v) is 2.58. The molecular weight excluding hydrogens is 258 g/mol. The van der Waals surface area contributed by atoms with Crippen LogP contribution in [0.2, 0.25) is 0 Å². The maximum Gasteiger partial charge on any atom is 0.0538 e. The summed E-state index contributed by atoms with van der Waals surface area (Å²) in [5.74, 6) is 0. The fourth-order valence-electron chi connectivity index (χ4n) is 2.58. The normalized spacial score (nSPS) is 12.4. The van der Waals surface area contributed by atoms with Crippen LogP contribution in [0, 0.1) is 0 Å². The zero-order valence-electron chi connectivity index (χ0n) is 12.2. The number of nitrogens with one attached hydrogen (secondary N) is 1. The third kappa shape index (κ3) is 2.88. The molecule has 1 N–H and O–H groups in total. The third-order valence-electron chi connectivity index (χ3n) is 3.74. The Morgan fingerprint density at radius 1 is 1.24 bits per heavy atom. The molecule has 1 heterocycles. The minimum absolute atomic E-state index is 0.281. The minimum Gasteiger partial charge on any atom is -0.306 e. The van der Waals surface area contributed by atoms with Gasteiger partial charge in [-0.2, -0.15) is 5.10 Å². The first kappa shape index (κ1) is 13.6. The molecule has 21 heavy (non-hydrogen) atoms. The van der Waals surface area contributed by atoms with Gasteiger partial charge in [0, 0.05) is 30.5 Å². The lowest BCUT2D eigenvalue weighted by molar-refractivity contribution is 0.578. The highest BCUT2D eigenvalue weighted by Crippen LogP contribution is 2.24. The summed E-state index contributed by atoms with van der Waals surface area (Å²) in [7, 11) is 0. The van der Waals surface area contributed by atoms with Gasteiger partial charge >= 0.3 is 0 Å². The lowest BCUT2D eigenvalue weighted by Crippen LogP contribution is -2.18. The Hall–Kier alpha value is -2.39. The van der Waals surface area contributed by atoms with Crippen molar-refractivity contribution < 1.29 is 0 Å². The topological polar surface area (TPSA) is 29.9 Å². The molecule has 2 aromatic carbocycles. The van der Waals surface area contributed by atoms with E-state index in [-0.39, 0.29) is 6.04 Å². The average Bonchev–Trinajstić information content (AvgIpc) is 3.00. The Kier molecular flexibility index (Phi) is 3.84. The maximum absolute atomic E-state index is 4.19. The van der Waals surface area contributed by atoms with Crippen LogP contribution in [0.4, 0.5) is 0 Å². The SMILES string of the molecule is C=Cn1cc(CNC(C)c2cccc3ccccc23)cn1. The second-order valence-electron chi connectivity index (χ2n) is 5.18. The molecule has 3 nitrogen and oxygen atoms in total. The molecule has 0 spiro atoms. The van der Waals surface area contributed by atoms with Crippen LogP contribution in [-0.4, -0.2) is 9.78 Å². The van der Waals surface area contributed by atoms with Crippen molar-refractivity contribution in [2.45, 2.75) is 19.5 Å². The molecule has 106 valence electrons. The summed E-state index contributed by atoms with van der Waals surface area (Å²) in [6.45, 7) is 6.69. The van der Waals surface area contributed by atoms with Gasteiger partial charge in [-0.1, -0.05) is 49.0 Å². The Morgan fingerprint density at radius 3 is 2.86 bits per heavy atom. The van der Waals surface area contributed by atoms with Crippen molar-refractivity contribution in [3.05, 3.63) is 72.6 Å². The third-order valence-corrected chi connectivity index (χ3v) is 3.74. The van der Waals surface area contributed by atoms with Gasteiger partial charge in [-0.05, 0) is 23.3 Å². The van der Waals surface area contributed by atoms with E-state index in [1.54, 1.807) is 10.9 Å². The van der Waals surface area contributed by atoms with Crippen LogP contribution in [-0.2, 0) is 6.54 Å². The number of fused-ring (bicyclic) bond motifs is 1. The zero-order chi connectivity index (χ0) is 14.7. The molecule has 0 saturated carbocycles. The summed E-state index contributed by atoms with van der Waals surface area (Å²) < 4.78 is 1.72. The average molecular weight is 277 g/mol. The summed E-state index contributed by atoms with van der Waals surface area (Å²) in [4.78, 5) is 0. The Labute approximate surface area is 124 Å². The first-order valence-corrected chi connectivity index (χ1v) is 7.14. The van der Waals surface area contributed by atoms with E-state index in [1.165, 1.54) is 16.3 Å². The van der Waals surface area contributed by atoms with Crippen molar-refractivity contribution in [1.29, 1.82) is 0 Å². The van der Waals surface area contributed by atoms with Crippen LogP contribution in [0.15, 0.2) is 61.4 Å². The van der Waals surface area contributed by atoms with Crippen LogP contribution >= 0.6 is 0 Å². The fraction of sp³-hybridized carbons (Fsp3) is 0.167. The molecule has 0 fully saturated rings. The first-order chi connectivity index (χ1) is 10.3. The van der Waals surface area contributed by atoms with Gasteiger partial charge in [-0.25, -0.2) is 4.68 Å². The van der Waals surface area contributed by atoms with Crippen molar-refractivity contribution in [1.82, 2.24) is 15.1 Å². The predicted octanol–water partition coefficient (Wildman–Crippen LogP) is 3.99. The van der Waals surface area contributed by atoms with Crippen molar-refractivity contribution in [3.8, 4) is 0 Å². The molecule has 1 aromatic heterocycles. The van der Waals surface area contributed by atoms with E-state index in [0.717, 1.165) is 12.1 Å². The van der Waals surface area contributed by atoms with Crippen molar-refractivity contribution in [2.24, 2.45) is 0 Å². The lowest BCUT2D eigenvalue weighted by Gasteiger charge is -2.16. The van der Waals surface area contributed by atoms with Crippen LogP contribution in [0.5, 0.6) is 0 Å². The lowest BCUT2D eigenvalue weighted by atomic mass is 9.99. The van der Waals surface area contributed by atoms with E-state index in [0.29, 0.717) is 0 Å². The van der Waals surface area contributed by atoms with Crippen LogP contribution in [0.3, 0.4) is 0 Å². The second-order valence-corrected chi connectivity index (χ2v) is 5.18. The highest BCUT2D eigenvalue weighted by molar-refractivity contribution is 5.86. The monoisotopic (exact) mass is 277 g/mol. The van der Waals surface area contributed by atoms with Gasteiger partial charge in [-0.3, -0.25) is 0 Å². The molecule has 3 heteroatoms. The van der Waals surface area contributed by atoms with Crippen LogP contribution < -0.4 is 5.32 Å². The van der Waals surface area contributed by atoms with Gasteiger partial charge < -0.3 is 5.32 Å². The largest absolute Gasteiger partial charge is 0.306 e. The number of aromatic nitrogens is 2. The molecule has 0 saturated heterocycles. The Balaban J connectivity index is 1.77. The van der Waals surface area contributed by atoms with E-state index in [2.05, 4.69) is 66.4 Å². The summed E-state index contributed by atoms with van der Waals surface area (Å²) >= 11 is 0. The zero-order valence-corrected chi connectivity index (χ0v) is 12.2. The Morgan fingerprint density at radius 2 is 2.05 bits per heavy atom. The van der Waals surface area contributed by atoms with E-state index < -0.39 is 0 Å². The van der Waals surface area contributed by atoms with Crippen molar-refractivity contribution >= 4 is 17.0 Å². The van der Waals surface area contributed by atoms with Gasteiger partial charge in [0.1, 0.15) is 0 Å². The highest BCUT2D eigenvalue weighted by atomic mass is 15.2. The van der Waals surface area contributed by atoms with Crippen molar-refractivity contribution in [3.63, 3.8) is 0 Å². The number of hydrogen-bond acceptors (Lipinski definition) is 2. The van der Waals surface area contributed by atoms with Gasteiger partial charge in [0.25, 0.3) is 0 Å². The van der Waals surface area contributed by atoms with Gasteiger partial charge in [0.05, 0.1) is 6.20 Å². The molecular formula is C18H19N3. The summed E-state index contributed by atoms with van der Waals surface area (Å²) in [6.07, 6.45) is 5.54. The molecule has 0 radical (unpaired) electrons. The van der Waals surface area contributed by atoms with E-state index in [1.807, 2.05) is 12.4 Å². The minimum atomic E-state index is 0.281. The number of benzene rings is 2.